The maximum absolute atomic E-state index is 2.53. The molecule has 0 aromatic heterocycles. The first-order valence-corrected chi connectivity index (χ1v) is 18.9. The van der Waals surface area contributed by atoms with Gasteiger partial charge in [0.25, 0.3) is 0 Å². The molecule has 0 aliphatic carbocycles. The van der Waals surface area contributed by atoms with Crippen molar-refractivity contribution in [2.75, 3.05) is 0 Å². The fourth-order valence-electron chi connectivity index (χ4n) is 9.37. The first kappa shape index (κ1) is 30.8. The second kappa shape index (κ2) is 11.9. The molecule has 0 heterocycles. The van der Waals surface area contributed by atoms with Gasteiger partial charge in [0.15, 0.2) is 0 Å². The van der Waals surface area contributed by atoms with Gasteiger partial charge in [-0.2, -0.15) is 0 Å². The lowest BCUT2D eigenvalue weighted by atomic mass is 9.79. The van der Waals surface area contributed by atoms with E-state index in [0.717, 1.165) is 0 Å². The van der Waals surface area contributed by atoms with Crippen molar-refractivity contribution < 1.29 is 0 Å². The molecule has 0 amide bonds. The Morgan fingerprint density at radius 2 is 0.667 bits per heavy atom. The lowest BCUT2D eigenvalue weighted by molar-refractivity contribution is 1.47. The number of hydrogen-bond acceptors (Lipinski definition) is 0. The summed E-state index contributed by atoms with van der Waals surface area (Å²) in [5.41, 5.74) is 12.5. The molecule has 11 aromatic rings. The van der Waals surface area contributed by atoms with Crippen LogP contribution in [0.1, 0.15) is 11.1 Å². The second-order valence-electron chi connectivity index (χ2n) is 14.9. The third kappa shape index (κ3) is 4.57. The molecular formula is C54H36. The average Bonchev–Trinajstić information content (AvgIpc) is 3.21. The topological polar surface area (TPSA) is 0 Å². The van der Waals surface area contributed by atoms with Crippen LogP contribution in [-0.4, -0.2) is 0 Å². The van der Waals surface area contributed by atoms with Gasteiger partial charge >= 0.3 is 0 Å². The van der Waals surface area contributed by atoms with Crippen molar-refractivity contribution in [3.05, 3.63) is 193 Å². The summed E-state index contributed by atoms with van der Waals surface area (Å²) in [6.45, 7) is 4.38. The molecule has 11 rings (SSSR count). The first-order valence-electron chi connectivity index (χ1n) is 18.9. The smallest absolute Gasteiger partial charge is 0.000741 e. The van der Waals surface area contributed by atoms with Gasteiger partial charge in [-0.05, 0) is 135 Å². The summed E-state index contributed by atoms with van der Waals surface area (Å²) in [6.07, 6.45) is 0. The molecule has 0 aliphatic rings. The van der Waals surface area contributed by atoms with E-state index in [4.69, 9.17) is 0 Å². The largest absolute Gasteiger partial charge is 0.0622 e. The maximum atomic E-state index is 2.53. The maximum Gasteiger partial charge on any atom is -0.000741 e. The van der Waals surface area contributed by atoms with Gasteiger partial charge in [-0.25, -0.2) is 0 Å². The quantitative estimate of drug-likeness (QED) is 0.128. The van der Waals surface area contributed by atoms with Crippen LogP contribution in [0.25, 0.3) is 109 Å². The van der Waals surface area contributed by atoms with E-state index in [2.05, 4.69) is 196 Å². The zero-order valence-electron chi connectivity index (χ0n) is 30.3. The summed E-state index contributed by atoms with van der Waals surface area (Å²) >= 11 is 0. The van der Waals surface area contributed by atoms with Crippen molar-refractivity contribution in [2.45, 2.75) is 13.8 Å². The van der Waals surface area contributed by atoms with Crippen LogP contribution < -0.4 is 0 Å². The van der Waals surface area contributed by atoms with Crippen LogP contribution in [0.5, 0.6) is 0 Å². The number of fused-ring (bicyclic) bond motifs is 5. The van der Waals surface area contributed by atoms with Crippen LogP contribution in [0.2, 0.25) is 0 Å². The molecule has 0 fully saturated rings. The van der Waals surface area contributed by atoms with Gasteiger partial charge in [0.05, 0.1) is 0 Å². The first-order chi connectivity index (χ1) is 26.6. The predicted octanol–water partition coefficient (Wildman–Crippen LogP) is 15.3. The molecule has 0 N–H and O–H groups in total. The third-order valence-corrected chi connectivity index (χ3v) is 11.7. The van der Waals surface area contributed by atoms with Gasteiger partial charge in [0.2, 0.25) is 0 Å². The minimum Gasteiger partial charge on any atom is -0.0622 e. The Bertz CT molecular complexity index is 3040. The highest BCUT2D eigenvalue weighted by atomic mass is 14.3. The van der Waals surface area contributed by atoms with Crippen molar-refractivity contribution in [2.24, 2.45) is 0 Å². The van der Waals surface area contributed by atoms with E-state index >= 15 is 0 Å². The molecule has 0 radical (unpaired) electrons. The Morgan fingerprint density at radius 3 is 1.09 bits per heavy atom. The van der Waals surface area contributed by atoms with E-state index in [0.29, 0.717) is 0 Å². The van der Waals surface area contributed by atoms with Crippen molar-refractivity contribution in [3.63, 3.8) is 0 Å². The number of rotatable bonds is 4. The van der Waals surface area contributed by atoms with Gasteiger partial charge < -0.3 is 0 Å². The summed E-state index contributed by atoms with van der Waals surface area (Å²) in [7, 11) is 0. The SMILES string of the molecule is Cc1cccc(-c2ccc(-c3cccc(C)c3)c3cc4c(-c5ccccc5)c5c6cccc7ccc8cccc(c5c(-c5ccccc5)c4cc23)c8c76)c1. The van der Waals surface area contributed by atoms with Gasteiger partial charge in [-0.15, -0.1) is 0 Å². The summed E-state index contributed by atoms with van der Waals surface area (Å²) in [6, 6.07) is 68.2. The van der Waals surface area contributed by atoms with Gasteiger partial charge in [-0.3, -0.25) is 0 Å². The van der Waals surface area contributed by atoms with E-state index in [1.165, 1.54) is 120 Å². The summed E-state index contributed by atoms with van der Waals surface area (Å²) in [5, 5.41) is 15.5. The van der Waals surface area contributed by atoms with Gasteiger partial charge in [0, 0.05) is 0 Å². The highest BCUT2D eigenvalue weighted by molar-refractivity contribution is 6.41. The fourth-order valence-corrected chi connectivity index (χ4v) is 9.37. The molecule has 0 aliphatic heterocycles. The van der Waals surface area contributed by atoms with Crippen LogP contribution in [0, 0.1) is 13.8 Å². The molecule has 0 atom stereocenters. The Hall–Kier alpha value is -6.76. The molecule has 0 saturated carbocycles. The molecule has 252 valence electrons. The molecule has 0 unspecified atom stereocenters. The van der Waals surface area contributed by atoms with E-state index in [-0.39, 0.29) is 0 Å². The zero-order valence-corrected chi connectivity index (χ0v) is 30.3. The fraction of sp³-hybridized carbons (Fsp3) is 0.0370. The van der Waals surface area contributed by atoms with Crippen molar-refractivity contribution >= 4 is 64.6 Å². The van der Waals surface area contributed by atoms with Crippen molar-refractivity contribution in [3.8, 4) is 44.5 Å². The van der Waals surface area contributed by atoms with Crippen LogP contribution >= 0.6 is 0 Å². The lowest BCUT2D eigenvalue weighted by Gasteiger charge is -2.24. The molecule has 54 heavy (non-hydrogen) atoms. The third-order valence-electron chi connectivity index (χ3n) is 11.7. The van der Waals surface area contributed by atoms with Crippen LogP contribution in [0.4, 0.5) is 0 Å². The summed E-state index contributed by atoms with van der Waals surface area (Å²) in [4.78, 5) is 0. The Labute approximate surface area is 314 Å². The van der Waals surface area contributed by atoms with E-state index in [9.17, 15) is 0 Å². The van der Waals surface area contributed by atoms with Crippen molar-refractivity contribution in [1.82, 2.24) is 0 Å². The molecule has 11 aromatic carbocycles. The number of hydrogen-bond donors (Lipinski definition) is 0. The zero-order chi connectivity index (χ0) is 35.9. The standard InChI is InChI=1S/C54H36/c1-33-13-9-21-39(29-33)41-27-28-42(40-22-10-14-34(2)30-40)46-32-48-47(31-45(41)46)51(35-15-5-3-6-16-35)53-43-23-11-19-37-25-26-38-20-12-24-44(50(38)49(37)43)54(53)52(48)36-17-7-4-8-18-36/h3-32H,1-2H3. The van der Waals surface area contributed by atoms with E-state index < -0.39 is 0 Å². The predicted molar refractivity (Wildman–Crippen MR) is 234 cm³/mol. The highest BCUT2D eigenvalue weighted by Gasteiger charge is 2.24. The number of benzene rings is 11. The highest BCUT2D eigenvalue weighted by Crippen LogP contribution is 2.52. The number of aryl methyl sites for hydroxylation is 2. The van der Waals surface area contributed by atoms with Crippen LogP contribution in [0.15, 0.2) is 182 Å². The van der Waals surface area contributed by atoms with Gasteiger partial charge in [0.1, 0.15) is 0 Å². The Morgan fingerprint density at radius 1 is 0.259 bits per heavy atom. The molecular weight excluding hydrogens is 649 g/mol. The molecule has 0 heteroatoms. The summed E-state index contributed by atoms with van der Waals surface area (Å²) < 4.78 is 0. The molecule has 0 spiro atoms. The molecule has 0 saturated heterocycles. The van der Waals surface area contributed by atoms with Crippen molar-refractivity contribution in [1.29, 1.82) is 0 Å². The van der Waals surface area contributed by atoms with E-state index in [1.807, 2.05) is 0 Å². The average molecular weight is 685 g/mol. The van der Waals surface area contributed by atoms with Crippen LogP contribution in [0.3, 0.4) is 0 Å². The Balaban J connectivity index is 1.46. The second-order valence-corrected chi connectivity index (χ2v) is 14.9. The summed E-state index contributed by atoms with van der Waals surface area (Å²) in [5.74, 6) is 0. The normalized spacial score (nSPS) is 11.9. The molecule has 0 bridgehead atoms. The van der Waals surface area contributed by atoms with Crippen LogP contribution in [-0.2, 0) is 0 Å². The van der Waals surface area contributed by atoms with Gasteiger partial charge in [-0.1, -0.05) is 181 Å². The minimum absolute atomic E-state index is 1.23. The monoisotopic (exact) mass is 684 g/mol. The van der Waals surface area contributed by atoms with E-state index in [1.54, 1.807) is 0 Å². The minimum atomic E-state index is 1.23. The lowest BCUT2D eigenvalue weighted by Crippen LogP contribution is -1.96. The molecule has 0 nitrogen and oxygen atoms in total. The Kier molecular flexibility index (Phi) is 6.78.